The molecule has 0 unspecified atom stereocenters. The van der Waals surface area contributed by atoms with Crippen molar-refractivity contribution in [2.75, 3.05) is 26.7 Å². The fourth-order valence-electron chi connectivity index (χ4n) is 2.43. The molecule has 2 aromatic carbocycles. The summed E-state index contributed by atoms with van der Waals surface area (Å²) in [7, 11) is -2.07. The van der Waals surface area contributed by atoms with Crippen LogP contribution in [0.25, 0.3) is 0 Å². The largest absolute Gasteiger partial charge is 0.489 e. The zero-order valence-electron chi connectivity index (χ0n) is 15.5. The van der Waals surface area contributed by atoms with E-state index in [1.807, 2.05) is 0 Å². The van der Waals surface area contributed by atoms with Crippen LogP contribution < -0.4 is 9.46 Å². The van der Waals surface area contributed by atoms with Crippen molar-refractivity contribution in [3.05, 3.63) is 59.4 Å². The molecule has 146 valence electrons. The molecule has 0 heterocycles. The molecule has 0 aliphatic rings. The lowest BCUT2D eigenvalue weighted by Gasteiger charge is -2.19. The molecular weight excluding hydrogens is 371 g/mol. The van der Waals surface area contributed by atoms with E-state index in [4.69, 9.17) is 4.74 Å². The quantitative estimate of drug-likeness (QED) is 0.747. The molecule has 27 heavy (non-hydrogen) atoms. The van der Waals surface area contributed by atoms with Crippen molar-refractivity contribution in [3.63, 3.8) is 0 Å². The lowest BCUT2D eigenvalue weighted by molar-refractivity contribution is 0.0772. The van der Waals surface area contributed by atoms with Crippen molar-refractivity contribution in [1.82, 2.24) is 9.62 Å². The maximum absolute atomic E-state index is 13.5. The Hall–Kier alpha value is -2.45. The third-order valence-electron chi connectivity index (χ3n) is 3.95. The maximum atomic E-state index is 13.5. The molecule has 8 heteroatoms. The topological polar surface area (TPSA) is 75.7 Å². The number of likely N-dealkylation sites (N-methyl/N-ethyl adjacent to an activating group) is 1. The van der Waals surface area contributed by atoms with Gasteiger partial charge in [-0.3, -0.25) is 4.79 Å². The summed E-state index contributed by atoms with van der Waals surface area (Å²) >= 11 is 0. The molecule has 0 radical (unpaired) electrons. The van der Waals surface area contributed by atoms with E-state index in [1.54, 1.807) is 39.1 Å². The number of ether oxygens (including phenoxy) is 1. The fraction of sp³-hybridized carbons (Fsp3) is 0.316. The minimum Gasteiger partial charge on any atom is -0.489 e. The van der Waals surface area contributed by atoms with Crippen LogP contribution in [-0.4, -0.2) is 46.0 Å². The molecule has 0 atom stereocenters. The first-order valence-corrected chi connectivity index (χ1v) is 9.97. The molecule has 2 rings (SSSR count). The van der Waals surface area contributed by atoms with Gasteiger partial charge in [0, 0.05) is 19.2 Å². The van der Waals surface area contributed by atoms with Gasteiger partial charge >= 0.3 is 0 Å². The zero-order chi connectivity index (χ0) is 20.0. The summed E-state index contributed by atoms with van der Waals surface area (Å²) in [5.41, 5.74) is 0.958. The van der Waals surface area contributed by atoms with E-state index < -0.39 is 15.8 Å². The molecule has 0 aromatic heterocycles. The minimum absolute atomic E-state index is 0.0364. The molecule has 1 amide bonds. The van der Waals surface area contributed by atoms with Crippen molar-refractivity contribution in [2.45, 2.75) is 18.7 Å². The predicted octanol–water partition coefficient (Wildman–Crippen LogP) is 2.58. The highest BCUT2D eigenvalue weighted by Gasteiger charge is 2.19. The molecule has 0 fully saturated rings. The molecule has 0 saturated heterocycles. The third kappa shape index (κ3) is 5.27. The highest BCUT2D eigenvalue weighted by atomic mass is 32.2. The van der Waals surface area contributed by atoms with Crippen LogP contribution in [0.5, 0.6) is 5.75 Å². The Morgan fingerprint density at radius 1 is 1.22 bits per heavy atom. The number of carbonyl (C=O) groups excluding carboxylic acids is 1. The summed E-state index contributed by atoms with van der Waals surface area (Å²) in [6, 6.07) is 10.5. The molecule has 0 spiro atoms. The van der Waals surface area contributed by atoms with Gasteiger partial charge in [-0.25, -0.2) is 17.5 Å². The van der Waals surface area contributed by atoms with Gasteiger partial charge < -0.3 is 9.64 Å². The van der Waals surface area contributed by atoms with Crippen LogP contribution in [0.4, 0.5) is 4.39 Å². The smallest absolute Gasteiger partial charge is 0.254 e. The summed E-state index contributed by atoms with van der Waals surface area (Å²) in [6.07, 6.45) is 0. The van der Waals surface area contributed by atoms with Crippen LogP contribution in [0.15, 0.2) is 47.4 Å². The fourth-order valence-corrected chi connectivity index (χ4v) is 3.50. The highest BCUT2D eigenvalue weighted by molar-refractivity contribution is 7.89. The standard InChI is InChI=1S/C19H23FN2O4S/c1-4-21-27(24,25)15-10-9-14(2)16(13-15)19(23)22(3)11-12-26-18-8-6-5-7-17(18)20/h5-10,13,21H,4,11-12H2,1-3H3. The molecule has 2 aromatic rings. The van der Waals surface area contributed by atoms with Crippen LogP contribution >= 0.6 is 0 Å². The number of aryl methyl sites for hydroxylation is 1. The van der Waals surface area contributed by atoms with Crippen LogP contribution in [0, 0.1) is 12.7 Å². The second-order valence-corrected chi connectivity index (χ2v) is 7.75. The summed E-state index contributed by atoms with van der Waals surface area (Å²) < 4.78 is 45.6. The van der Waals surface area contributed by atoms with Crippen LogP contribution in [0.2, 0.25) is 0 Å². The number of halogens is 1. The number of hydrogen-bond donors (Lipinski definition) is 1. The van der Waals surface area contributed by atoms with E-state index in [9.17, 15) is 17.6 Å². The zero-order valence-corrected chi connectivity index (χ0v) is 16.3. The van der Waals surface area contributed by atoms with E-state index in [0.29, 0.717) is 11.1 Å². The maximum Gasteiger partial charge on any atom is 0.254 e. The second-order valence-electron chi connectivity index (χ2n) is 5.98. The molecule has 0 aliphatic carbocycles. The lowest BCUT2D eigenvalue weighted by atomic mass is 10.1. The average Bonchev–Trinajstić information content (AvgIpc) is 2.62. The lowest BCUT2D eigenvalue weighted by Crippen LogP contribution is -2.32. The number of nitrogens with one attached hydrogen (secondary N) is 1. The molecule has 0 bridgehead atoms. The SMILES string of the molecule is CCNS(=O)(=O)c1ccc(C)c(C(=O)N(C)CCOc2ccccc2F)c1. The second kappa shape index (κ2) is 8.96. The van der Waals surface area contributed by atoms with Gasteiger partial charge in [0.25, 0.3) is 5.91 Å². The number of hydrogen-bond acceptors (Lipinski definition) is 4. The van der Waals surface area contributed by atoms with E-state index in [1.165, 1.54) is 29.2 Å². The van der Waals surface area contributed by atoms with Gasteiger partial charge in [0.1, 0.15) is 6.61 Å². The first-order valence-electron chi connectivity index (χ1n) is 8.49. The van der Waals surface area contributed by atoms with Crippen molar-refractivity contribution >= 4 is 15.9 Å². The van der Waals surface area contributed by atoms with E-state index >= 15 is 0 Å². The summed E-state index contributed by atoms with van der Waals surface area (Å²) in [5, 5.41) is 0. The molecular formula is C19H23FN2O4S. The Bertz CT molecular complexity index is 916. The highest BCUT2D eigenvalue weighted by Crippen LogP contribution is 2.18. The Balaban J connectivity index is 2.08. The normalized spacial score (nSPS) is 11.3. The number of carbonyl (C=O) groups is 1. The molecule has 1 N–H and O–H groups in total. The number of nitrogens with zero attached hydrogens (tertiary/aromatic N) is 1. The molecule has 0 saturated carbocycles. The minimum atomic E-state index is -3.65. The van der Waals surface area contributed by atoms with Gasteiger partial charge in [-0.15, -0.1) is 0 Å². The van der Waals surface area contributed by atoms with Crippen molar-refractivity contribution < 1.29 is 22.3 Å². The number of benzene rings is 2. The third-order valence-corrected chi connectivity index (χ3v) is 5.49. The number of rotatable bonds is 8. The first kappa shape index (κ1) is 20.9. The number of amides is 1. The van der Waals surface area contributed by atoms with Crippen LogP contribution in [0.3, 0.4) is 0 Å². The molecule has 0 aliphatic heterocycles. The van der Waals surface area contributed by atoms with Gasteiger partial charge in [-0.1, -0.05) is 25.1 Å². The van der Waals surface area contributed by atoms with Gasteiger partial charge in [-0.2, -0.15) is 0 Å². The van der Waals surface area contributed by atoms with Gasteiger partial charge in [0.05, 0.1) is 11.4 Å². The van der Waals surface area contributed by atoms with E-state index in [2.05, 4.69) is 4.72 Å². The monoisotopic (exact) mass is 394 g/mol. The Morgan fingerprint density at radius 2 is 1.93 bits per heavy atom. The Morgan fingerprint density at radius 3 is 2.59 bits per heavy atom. The Labute approximate surface area is 159 Å². The van der Waals surface area contributed by atoms with Crippen molar-refractivity contribution in [2.24, 2.45) is 0 Å². The van der Waals surface area contributed by atoms with Crippen LogP contribution in [-0.2, 0) is 10.0 Å². The van der Waals surface area contributed by atoms with E-state index in [0.717, 1.165) is 0 Å². The average molecular weight is 394 g/mol. The number of para-hydroxylation sites is 1. The van der Waals surface area contributed by atoms with E-state index in [-0.39, 0.29) is 36.2 Å². The Kier molecular flexibility index (Phi) is 6.92. The van der Waals surface area contributed by atoms with Gasteiger partial charge in [0.15, 0.2) is 11.6 Å². The van der Waals surface area contributed by atoms with Gasteiger partial charge in [-0.05, 0) is 36.8 Å². The summed E-state index contributed by atoms with van der Waals surface area (Å²) in [5.74, 6) is -0.685. The molecule has 6 nitrogen and oxygen atoms in total. The van der Waals surface area contributed by atoms with Gasteiger partial charge in [0.2, 0.25) is 10.0 Å². The predicted molar refractivity (Wildman–Crippen MR) is 101 cm³/mol. The van der Waals surface area contributed by atoms with Crippen molar-refractivity contribution in [3.8, 4) is 5.75 Å². The number of sulfonamides is 1. The van der Waals surface area contributed by atoms with Crippen molar-refractivity contribution in [1.29, 1.82) is 0 Å². The summed E-state index contributed by atoms with van der Waals surface area (Å²) in [6.45, 7) is 4.00. The first-order chi connectivity index (χ1) is 12.8. The van der Waals surface area contributed by atoms with Crippen LogP contribution in [0.1, 0.15) is 22.8 Å². The summed E-state index contributed by atoms with van der Waals surface area (Å²) in [4.78, 5) is 14.1.